The first-order valence-corrected chi connectivity index (χ1v) is 10.2. The smallest absolute Gasteiger partial charge is 0.320 e. The molecule has 1 aromatic heterocycles. The monoisotopic (exact) mass is 459 g/mol. The highest BCUT2D eigenvalue weighted by Crippen LogP contribution is 2.28. The zero-order valence-corrected chi connectivity index (χ0v) is 17.6. The maximum Gasteiger partial charge on any atom is 0.320 e. The number of nitrogens with zero attached hydrogens (tertiary/aromatic N) is 1. The molecule has 4 nitrogen and oxygen atoms in total. The molecular weight excluding hydrogens is 448 g/mol. The second-order valence-corrected chi connectivity index (χ2v) is 8.08. The van der Waals surface area contributed by atoms with Crippen LogP contribution in [0.4, 0.5) is 10.6 Å². The quantitative estimate of drug-likeness (QED) is 0.446. The van der Waals surface area contributed by atoms with E-state index >= 15 is 0 Å². The largest absolute Gasteiger partial charge is 0.334 e. The van der Waals surface area contributed by atoms with Crippen LogP contribution in [0.1, 0.15) is 16.1 Å². The molecule has 0 unspecified atom stereocenters. The van der Waals surface area contributed by atoms with Crippen LogP contribution in [0.2, 0.25) is 20.1 Å². The van der Waals surface area contributed by atoms with Gasteiger partial charge in [0.15, 0.2) is 0 Å². The van der Waals surface area contributed by atoms with E-state index in [9.17, 15) is 4.79 Å². The number of halogens is 4. The highest BCUT2D eigenvalue weighted by atomic mass is 35.5. The van der Waals surface area contributed by atoms with Crippen LogP contribution in [0, 0.1) is 0 Å². The lowest BCUT2D eigenvalue weighted by atomic mass is 10.1. The van der Waals surface area contributed by atoms with Gasteiger partial charge in [0.1, 0.15) is 5.82 Å². The maximum absolute atomic E-state index is 12.1. The van der Waals surface area contributed by atoms with Crippen molar-refractivity contribution in [2.24, 2.45) is 0 Å². The predicted molar refractivity (Wildman–Crippen MR) is 114 cm³/mol. The summed E-state index contributed by atoms with van der Waals surface area (Å²) in [4.78, 5) is 16.5. The Morgan fingerprint density at radius 1 is 0.926 bits per heavy atom. The van der Waals surface area contributed by atoms with Crippen molar-refractivity contribution in [1.82, 2.24) is 10.3 Å². The first-order chi connectivity index (χ1) is 12.9. The van der Waals surface area contributed by atoms with Gasteiger partial charge >= 0.3 is 6.03 Å². The number of hydrogen-bond acceptors (Lipinski definition) is 3. The van der Waals surface area contributed by atoms with Crippen molar-refractivity contribution in [3.63, 3.8) is 0 Å². The number of benzene rings is 2. The fraction of sp³-hybridized carbons (Fsp3) is 0.111. The number of carbonyl (C=O) groups excluding carboxylic acids is 1. The minimum absolute atomic E-state index is 0.205. The van der Waals surface area contributed by atoms with Crippen LogP contribution in [0.5, 0.6) is 0 Å². The number of thiazole rings is 1. The van der Waals surface area contributed by atoms with Crippen LogP contribution >= 0.6 is 57.7 Å². The van der Waals surface area contributed by atoms with Crippen molar-refractivity contribution in [2.75, 3.05) is 5.32 Å². The average molecular weight is 461 g/mol. The van der Waals surface area contributed by atoms with E-state index in [4.69, 9.17) is 46.4 Å². The van der Waals surface area contributed by atoms with Crippen molar-refractivity contribution in [3.8, 4) is 0 Å². The lowest BCUT2D eigenvalue weighted by molar-refractivity contribution is 0.251. The Bertz CT molecular complexity index is 936. The number of rotatable bonds is 5. The number of carbonyl (C=O) groups is 1. The van der Waals surface area contributed by atoms with Crippen molar-refractivity contribution in [1.29, 1.82) is 0 Å². The second kappa shape index (κ2) is 9.13. The summed E-state index contributed by atoms with van der Waals surface area (Å²) in [6.07, 6.45) is 0.488. The van der Waals surface area contributed by atoms with Crippen molar-refractivity contribution in [3.05, 3.63) is 78.0 Å². The van der Waals surface area contributed by atoms with Gasteiger partial charge < -0.3 is 5.32 Å². The molecule has 0 bridgehead atoms. The molecule has 3 aromatic rings. The summed E-state index contributed by atoms with van der Waals surface area (Å²) < 4.78 is 0. The van der Waals surface area contributed by atoms with E-state index in [0.717, 1.165) is 10.6 Å². The Balaban J connectivity index is 1.60. The van der Waals surface area contributed by atoms with Gasteiger partial charge in [-0.25, -0.2) is 9.78 Å². The van der Waals surface area contributed by atoms with E-state index in [1.54, 1.807) is 41.8 Å². The molecule has 0 spiro atoms. The van der Waals surface area contributed by atoms with Gasteiger partial charge in [-0.3, -0.25) is 5.32 Å². The SMILES string of the molecule is O=C(NCc1c(Cl)cccc1Cl)Nc1csc(Cc2c(Cl)cccc2Cl)n1. The summed E-state index contributed by atoms with van der Waals surface area (Å²) in [5.41, 5.74) is 1.46. The summed E-state index contributed by atoms with van der Waals surface area (Å²) in [6, 6.07) is 10.1. The molecule has 2 aromatic carbocycles. The molecule has 0 aliphatic carbocycles. The summed E-state index contributed by atoms with van der Waals surface area (Å²) in [6.45, 7) is 0.205. The Morgan fingerprint density at radius 3 is 2.07 bits per heavy atom. The van der Waals surface area contributed by atoms with Gasteiger partial charge in [-0.15, -0.1) is 11.3 Å². The molecule has 0 saturated carbocycles. The van der Waals surface area contributed by atoms with Crippen LogP contribution in [0.25, 0.3) is 0 Å². The molecule has 3 rings (SSSR count). The van der Waals surface area contributed by atoms with Crippen molar-refractivity contribution >= 4 is 69.6 Å². The molecular formula is C18H13Cl4N3OS. The minimum atomic E-state index is -0.404. The topological polar surface area (TPSA) is 54.0 Å². The molecule has 2 amide bonds. The normalized spacial score (nSPS) is 10.7. The lowest BCUT2D eigenvalue weighted by Gasteiger charge is -2.09. The number of hydrogen-bond donors (Lipinski definition) is 2. The van der Waals surface area contributed by atoms with Crippen molar-refractivity contribution < 1.29 is 4.79 Å². The van der Waals surface area contributed by atoms with Gasteiger partial charge in [-0.05, 0) is 29.8 Å². The highest BCUT2D eigenvalue weighted by Gasteiger charge is 2.12. The van der Waals surface area contributed by atoms with Gasteiger partial charge in [-0.2, -0.15) is 0 Å². The molecule has 0 aliphatic heterocycles. The molecule has 1 heterocycles. The predicted octanol–water partition coefficient (Wildman–Crippen LogP) is 6.67. The molecule has 27 heavy (non-hydrogen) atoms. The molecule has 0 fully saturated rings. The maximum atomic E-state index is 12.1. The van der Waals surface area contributed by atoms with Crippen LogP contribution in [-0.2, 0) is 13.0 Å². The second-order valence-electron chi connectivity index (χ2n) is 5.51. The third-order valence-electron chi connectivity index (χ3n) is 3.67. The van der Waals surface area contributed by atoms with E-state index in [1.165, 1.54) is 11.3 Å². The van der Waals surface area contributed by atoms with Crippen molar-refractivity contribution in [2.45, 2.75) is 13.0 Å². The number of anilines is 1. The zero-order valence-electron chi connectivity index (χ0n) is 13.7. The number of urea groups is 1. The van der Waals surface area contributed by atoms with E-state index in [1.807, 2.05) is 0 Å². The molecule has 0 aliphatic rings. The van der Waals surface area contributed by atoms with Crippen LogP contribution in [-0.4, -0.2) is 11.0 Å². The Kier molecular flexibility index (Phi) is 6.84. The molecule has 0 atom stereocenters. The number of nitrogens with one attached hydrogen (secondary N) is 2. The summed E-state index contributed by atoms with van der Waals surface area (Å²) >= 11 is 26.0. The number of amides is 2. The molecule has 0 saturated heterocycles. The van der Waals surface area contributed by atoms with Crippen LogP contribution < -0.4 is 10.6 Å². The molecule has 2 N–H and O–H groups in total. The Morgan fingerprint density at radius 2 is 1.48 bits per heavy atom. The standard InChI is InChI=1S/C18H13Cl4N3OS/c19-12-3-1-4-13(20)10(12)7-17-24-16(9-27-17)25-18(26)23-8-11-14(21)5-2-6-15(11)22/h1-6,9H,7-8H2,(H2,23,25,26). The van der Waals surface area contributed by atoms with Crippen LogP contribution in [0.3, 0.4) is 0 Å². The van der Waals surface area contributed by atoms with Gasteiger partial charge in [0.25, 0.3) is 0 Å². The summed E-state index contributed by atoms with van der Waals surface area (Å²) in [7, 11) is 0. The zero-order chi connectivity index (χ0) is 19.4. The fourth-order valence-corrected chi connectivity index (χ4v) is 4.13. The van der Waals surface area contributed by atoms with E-state index < -0.39 is 6.03 Å². The molecule has 9 heteroatoms. The summed E-state index contributed by atoms with van der Waals surface area (Å²) in [5, 5.41) is 10.1. The average Bonchev–Trinajstić information content (AvgIpc) is 3.05. The van der Waals surface area contributed by atoms with Crippen LogP contribution in [0.15, 0.2) is 41.8 Å². The third kappa shape index (κ3) is 5.27. The van der Waals surface area contributed by atoms with E-state index in [-0.39, 0.29) is 6.54 Å². The van der Waals surface area contributed by atoms with E-state index in [2.05, 4.69) is 15.6 Å². The lowest BCUT2D eigenvalue weighted by Crippen LogP contribution is -2.28. The van der Waals surface area contributed by atoms with Gasteiger partial charge in [-0.1, -0.05) is 58.5 Å². The molecule has 0 radical (unpaired) electrons. The highest BCUT2D eigenvalue weighted by molar-refractivity contribution is 7.10. The minimum Gasteiger partial charge on any atom is -0.334 e. The number of aromatic nitrogens is 1. The fourth-order valence-electron chi connectivity index (χ4n) is 2.33. The first-order valence-electron chi connectivity index (χ1n) is 7.79. The Hall–Kier alpha value is -1.50. The van der Waals surface area contributed by atoms with E-state index in [0.29, 0.717) is 37.9 Å². The first kappa shape index (κ1) is 20.2. The van der Waals surface area contributed by atoms with Gasteiger partial charge in [0, 0.05) is 44.0 Å². The Labute approximate surface area is 180 Å². The third-order valence-corrected chi connectivity index (χ3v) is 5.94. The summed E-state index contributed by atoms with van der Waals surface area (Å²) in [5.74, 6) is 0.445. The molecule has 140 valence electrons. The van der Waals surface area contributed by atoms with Gasteiger partial charge in [0.05, 0.1) is 5.01 Å². The van der Waals surface area contributed by atoms with Gasteiger partial charge in [0.2, 0.25) is 0 Å².